The third kappa shape index (κ3) is 3.64. The molecule has 0 bridgehead atoms. The Hall–Kier alpha value is -2.38. The van der Waals surface area contributed by atoms with E-state index >= 15 is 0 Å². The lowest BCUT2D eigenvalue weighted by Gasteiger charge is -2.19. The van der Waals surface area contributed by atoms with Crippen LogP contribution in [0.3, 0.4) is 0 Å². The highest BCUT2D eigenvalue weighted by Crippen LogP contribution is 2.28. The molecule has 0 aliphatic carbocycles. The van der Waals surface area contributed by atoms with Crippen molar-refractivity contribution in [2.45, 2.75) is 37.5 Å². The predicted molar refractivity (Wildman–Crippen MR) is 113 cm³/mol. The number of nitrogens with zero attached hydrogens (tertiary/aromatic N) is 2. The SMILES string of the molecule is CC(C)c1ccc([C@H](NC(=O)c2cnc3n(c2=O)CCS3)c2cccs2)cc1. The highest BCUT2D eigenvalue weighted by Gasteiger charge is 2.24. The number of hydrogen-bond acceptors (Lipinski definition) is 5. The molecule has 4 rings (SSSR count). The number of aromatic nitrogens is 2. The van der Waals surface area contributed by atoms with Crippen molar-refractivity contribution in [1.82, 2.24) is 14.9 Å². The first-order valence-corrected chi connectivity index (χ1v) is 11.1. The Balaban J connectivity index is 1.65. The van der Waals surface area contributed by atoms with Gasteiger partial charge in [0.2, 0.25) is 0 Å². The summed E-state index contributed by atoms with van der Waals surface area (Å²) in [7, 11) is 0. The van der Waals surface area contributed by atoms with Crippen LogP contribution in [-0.4, -0.2) is 21.2 Å². The van der Waals surface area contributed by atoms with Gasteiger partial charge in [0.1, 0.15) is 5.56 Å². The van der Waals surface area contributed by atoms with E-state index in [1.54, 1.807) is 15.9 Å². The van der Waals surface area contributed by atoms with Crippen molar-refractivity contribution >= 4 is 29.0 Å². The Labute approximate surface area is 171 Å². The molecule has 28 heavy (non-hydrogen) atoms. The average Bonchev–Trinajstić information content (AvgIpc) is 3.38. The van der Waals surface area contributed by atoms with Crippen molar-refractivity contribution in [1.29, 1.82) is 0 Å². The van der Waals surface area contributed by atoms with E-state index in [2.05, 4.69) is 36.3 Å². The Bertz CT molecular complexity index is 1040. The molecule has 3 aromatic rings. The van der Waals surface area contributed by atoms with Gasteiger partial charge >= 0.3 is 0 Å². The van der Waals surface area contributed by atoms with Crippen LogP contribution in [0.1, 0.15) is 52.2 Å². The Morgan fingerprint density at radius 1 is 1.18 bits per heavy atom. The monoisotopic (exact) mass is 411 g/mol. The minimum atomic E-state index is -0.393. The standard InChI is InChI=1S/C21H21N3O2S2/c1-13(2)14-5-7-15(8-6-14)18(17-4-3-10-27-17)23-19(25)16-12-22-21-24(20(16)26)9-11-28-21/h3-8,10,12-13,18H,9,11H2,1-2H3,(H,23,25)/t18-/m0/s1. The number of amides is 1. The summed E-state index contributed by atoms with van der Waals surface area (Å²) >= 11 is 3.12. The fourth-order valence-electron chi connectivity index (χ4n) is 3.23. The van der Waals surface area contributed by atoms with Crippen LogP contribution in [0.4, 0.5) is 0 Å². The molecule has 2 aromatic heterocycles. The van der Waals surface area contributed by atoms with Gasteiger partial charge in [-0.2, -0.15) is 0 Å². The number of hydrogen-bond donors (Lipinski definition) is 1. The van der Waals surface area contributed by atoms with Crippen molar-refractivity contribution in [2.75, 3.05) is 5.75 Å². The first-order valence-electron chi connectivity index (χ1n) is 9.21. The lowest BCUT2D eigenvalue weighted by Crippen LogP contribution is -2.35. The molecule has 0 spiro atoms. The van der Waals surface area contributed by atoms with E-state index < -0.39 is 5.91 Å². The van der Waals surface area contributed by atoms with Crippen LogP contribution < -0.4 is 10.9 Å². The molecule has 3 heterocycles. The molecule has 0 radical (unpaired) electrons. The van der Waals surface area contributed by atoms with Crippen molar-refractivity contribution in [3.63, 3.8) is 0 Å². The third-order valence-electron chi connectivity index (χ3n) is 4.84. The summed E-state index contributed by atoms with van der Waals surface area (Å²) in [5, 5.41) is 5.71. The molecule has 1 aromatic carbocycles. The second kappa shape index (κ2) is 7.93. The number of fused-ring (bicyclic) bond motifs is 1. The summed E-state index contributed by atoms with van der Waals surface area (Å²) < 4.78 is 1.58. The van der Waals surface area contributed by atoms with Crippen LogP contribution in [0.2, 0.25) is 0 Å². The molecule has 7 heteroatoms. The van der Waals surface area contributed by atoms with Crippen molar-refractivity contribution in [2.24, 2.45) is 0 Å². The second-order valence-corrected chi connectivity index (χ2v) is 9.04. The summed E-state index contributed by atoms with van der Waals surface area (Å²) in [6, 6.07) is 11.9. The van der Waals surface area contributed by atoms with Crippen LogP contribution >= 0.6 is 23.1 Å². The maximum Gasteiger partial charge on any atom is 0.267 e. The molecule has 144 valence electrons. The number of rotatable bonds is 5. The molecular weight excluding hydrogens is 390 g/mol. The summed E-state index contributed by atoms with van der Waals surface area (Å²) in [6.07, 6.45) is 1.40. The lowest BCUT2D eigenvalue weighted by molar-refractivity contribution is 0.0940. The molecule has 1 aliphatic heterocycles. The van der Waals surface area contributed by atoms with Crippen LogP contribution in [0, 0.1) is 0 Å². The molecular formula is C21H21N3O2S2. The zero-order valence-corrected chi connectivity index (χ0v) is 17.3. The highest BCUT2D eigenvalue weighted by molar-refractivity contribution is 7.99. The predicted octanol–water partition coefficient (Wildman–Crippen LogP) is 4.05. The number of carbonyl (C=O) groups excluding carboxylic acids is 1. The minimum absolute atomic E-state index is 0.0895. The van der Waals surface area contributed by atoms with Gasteiger partial charge in [-0.05, 0) is 28.5 Å². The fourth-order valence-corrected chi connectivity index (χ4v) is 4.95. The third-order valence-corrected chi connectivity index (χ3v) is 6.75. The summed E-state index contributed by atoms with van der Waals surface area (Å²) in [6.45, 7) is 4.90. The fraction of sp³-hybridized carbons (Fsp3) is 0.286. The van der Waals surface area contributed by atoms with Gasteiger partial charge in [0, 0.05) is 23.4 Å². The van der Waals surface area contributed by atoms with Crippen molar-refractivity contribution in [3.8, 4) is 0 Å². The molecule has 1 amide bonds. The van der Waals surface area contributed by atoms with Crippen LogP contribution in [0.15, 0.2) is 57.9 Å². The van der Waals surface area contributed by atoms with Gasteiger partial charge in [0.25, 0.3) is 11.5 Å². The molecule has 0 unspecified atom stereocenters. The minimum Gasteiger partial charge on any atom is -0.340 e. The van der Waals surface area contributed by atoms with Crippen molar-refractivity contribution in [3.05, 3.63) is 79.9 Å². The molecule has 0 saturated carbocycles. The zero-order valence-electron chi connectivity index (χ0n) is 15.7. The van der Waals surface area contributed by atoms with E-state index in [0.717, 1.165) is 16.2 Å². The molecule has 0 fully saturated rings. The molecule has 1 atom stereocenters. The number of thioether (sulfide) groups is 1. The summed E-state index contributed by atoms with van der Waals surface area (Å²) in [5.74, 6) is 0.864. The topological polar surface area (TPSA) is 64.0 Å². The quantitative estimate of drug-likeness (QED) is 0.643. The van der Waals surface area contributed by atoms with Gasteiger partial charge in [0.15, 0.2) is 5.16 Å². The summed E-state index contributed by atoms with van der Waals surface area (Å²) in [4.78, 5) is 30.9. The van der Waals surface area contributed by atoms with Crippen LogP contribution in [0.5, 0.6) is 0 Å². The van der Waals surface area contributed by atoms with Gasteiger partial charge < -0.3 is 5.32 Å². The van der Waals surface area contributed by atoms with E-state index in [1.165, 1.54) is 23.5 Å². The van der Waals surface area contributed by atoms with E-state index in [1.807, 2.05) is 29.6 Å². The maximum absolute atomic E-state index is 13.0. The van der Waals surface area contributed by atoms with Gasteiger partial charge in [-0.1, -0.05) is 55.9 Å². The largest absolute Gasteiger partial charge is 0.340 e. The van der Waals surface area contributed by atoms with Gasteiger partial charge in [-0.15, -0.1) is 11.3 Å². The van der Waals surface area contributed by atoms with Crippen molar-refractivity contribution < 1.29 is 4.79 Å². The first-order chi connectivity index (χ1) is 13.5. The van der Waals surface area contributed by atoms with Gasteiger partial charge in [-0.3, -0.25) is 14.2 Å². The zero-order chi connectivity index (χ0) is 19.7. The summed E-state index contributed by atoms with van der Waals surface area (Å²) in [5.41, 5.74) is 2.06. The smallest absolute Gasteiger partial charge is 0.267 e. The number of thiophene rings is 1. The number of nitrogens with one attached hydrogen (secondary N) is 1. The Morgan fingerprint density at radius 3 is 2.61 bits per heavy atom. The maximum atomic E-state index is 13.0. The number of carbonyl (C=O) groups is 1. The molecule has 1 N–H and O–H groups in total. The Morgan fingerprint density at radius 2 is 1.93 bits per heavy atom. The first kappa shape index (κ1) is 19.0. The average molecular weight is 412 g/mol. The molecule has 0 saturated heterocycles. The van der Waals surface area contributed by atoms with Gasteiger partial charge in [-0.25, -0.2) is 4.98 Å². The van der Waals surface area contributed by atoms with E-state index in [4.69, 9.17) is 0 Å². The van der Waals surface area contributed by atoms with E-state index in [0.29, 0.717) is 17.6 Å². The Kier molecular flexibility index (Phi) is 5.37. The second-order valence-electron chi connectivity index (χ2n) is 7.00. The molecule has 5 nitrogen and oxygen atoms in total. The van der Waals surface area contributed by atoms with Gasteiger partial charge in [0.05, 0.1) is 6.04 Å². The van der Waals surface area contributed by atoms with Crippen LogP contribution in [0.25, 0.3) is 0 Å². The molecule has 1 aliphatic rings. The van der Waals surface area contributed by atoms with E-state index in [-0.39, 0.29) is 17.2 Å². The number of benzene rings is 1. The van der Waals surface area contributed by atoms with Crippen LogP contribution in [-0.2, 0) is 6.54 Å². The van der Waals surface area contributed by atoms with E-state index in [9.17, 15) is 9.59 Å². The highest BCUT2D eigenvalue weighted by atomic mass is 32.2. The lowest BCUT2D eigenvalue weighted by atomic mass is 9.98. The normalized spacial score (nSPS) is 14.1.